The Morgan fingerprint density at radius 3 is 2.41 bits per heavy atom. The van der Waals surface area contributed by atoms with Gasteiger partial charge >= 0.3 is 29.6 Å². The molecule has 0 aromatic heterocycles. The number of aliphatic hydroxyl groups is 5. The average molecular weight is 331 g/mol. The van der Waals surface area contributed by atoms with Gasteiger partial charge in [0.25, 0.3) is 0 Å². The molecule has 22 heavy (non-hydrogen) atoms. The number of amides is 1. The third-order valence-corrected chi connectivity index (χ3v) is 3.19. The second-order valence-corrected chi connectivity index (χ2v) is 4.89. The third kappa shape index (κ3) is 4.85. The zero-order valence-electron chi connectivity index (χ0n) is 12.2. The number of ether oxygens (including phenoxy) is 1. The maximum Gasteiger partial charge on any atom is 1.00 e. The van der Waals surface area contributed by atoms with Gasteiger partial charge in [-0.15, -0.1) is 0 Å². The maximum atomic E-state index is 11.1. The molecular formula is C11H18NNaO9. The van der Waals surface area contributed by atoms with Crippen molar-refractivity contribution in [2.75, 3.05) is 6.61 Å². The Morgan fingerprint density at radius 2 is 2.00 bits per heavy atom. The van der Waals surface area contributed by atoms with Crippen molar-refractivity contribution in [2.24, 2.45) is 0 Å². The molecule has 6 N–H and O–H groups in total. The molecule has 0 aromatic carbocycles. The number of carboxylic acid groups (broad SMARTS) is 1. The molecular weight excluding hydrogens is 313 g/mol. The van der Waals surface area contributed by atoms with Crippen LogP contribution >= 0.6 is 0 Å². The molecule has 11 heteroatoms. The monoisotopic (exact) mass is 331 g/mol. The van der Waals surface area contributed by atoms with Crippen LogP contribution in [0.25, 0.3) is 0 Å². The Labute approximate surface area is 148 Å². The summed E-state index contributed by atoms with van der Waals surface area (Å²) in [6.45, 7) is 0.228. The molecule has 1 aliphatic rings. The van der Waals surface area contributed by atoms with E-state index in [1.807, 2.05) is 0 Å². The molecule has 0 aromatic rings. The van der Waals surface area contributed by atoms with Gasteiger partial charge < -0.3 is 45.5 Å². The van der Waals surface area contributed by atoms with E-state index in [1.165, 1.54) is 0 Å². The predicted octanol–water partition coefficient (Wildman–Crippen LogP) is -8.20. The molecule has 0 spiro atoms. The quantitative estimate of drug-likeness (QED) is 0.267. The Kier molecular flexibility index (Phi) is 8.41. The average Bonchev–Trinajstić information content (AvgIpc) is 2.39. The number of hydrogen-bond acceptors (Lipinski definition) is 9. The summed E-state index contributed by atoms with van der Waals surface area (Å²) in [7, 11) is 0. The van der Waals surface area contributed by atoms with Gasteiger partial charge in [-0.1, -0.05) is 0 Å². The van der Waals surface area contributed by atoms with Crippen molar-refractivity contribution in [1.29, 1.82) is 0 Å². The van der Waals surface area contributed by atoms with E-state index in [0.717, 1.165) is 6.92 Å². The number of nitrogens with one attached hydrogen (secondary N) is 1. The summed E-state index contributed by atoms with van der Waals surface area (Å²) < 4.78 is 4.80. The van der Waals surface area contributed by atoms with E-state index in [2.05, 4.69) is 5.32 Å². The SMILES string of the molecule is CC(=O)N[C@H]1[C@H]([C@@H](O)[C@H](O)CO)O[C@@](O)(C(=O)[O-])C[C@@H]1O.[Na+]. The van der Waals surface area contributed by atoms with Gasteiger partial charge in [0.1, 0.15) is 24.3 Å². The Balaban J connectivity index is 0.00000441. The minimum absolute atomic E-state index is 0. The standard InChI is InChI=1S/C11H19NO9.Na/c1-4(14)12-7-5(15)2-11(20,10(18)19)21-9(7)8(17)6(16)3-13;/h5-9,13,15-17,20H,2-3H2,1H3,(H,12,14)(H,18,19);/q;+1/p-1/t5-,6+,7+,8-,9+,11+;/m0./s1. The predicted molar refractivity (Wildman–Crippen MR) is 62.2 cm³/mol. The summed E-state index contributed by atoms with van der Waals surface area (Å²) in [5.41, 5.74) is 0. The Morgan fingerprint density at radius 1 is 1.45 bits per heavy atom. The van der Waals surface area contributed by atoms with Crippen LogP contribution in [0.1, 0.15) is 13.3 Å². The van der Waals surface area contributed by atoms with Gasteiger partial charge in [0.15, 0.2) is 0 Å². The maximum absolute atomic E-state index is 11.1. The number of rotatable bonds is 5. The van der Waals surface area contributed by atoms with Crippen molar-refractivity contribution >= 4 is 11.9 Å². The van der Waals surface area contributed by atoms with Crippen LogP contribution in [0.4, 0.5) is 0 Å². The molecule has 1 saturated heterocycles. The Hall–Kier alpha value is -0.300. The van der Waals surface area contributed by atoms with Crippen molar-refractivity contribution < 1.29 is 74.5 Å². The fourth-order valence-electron chi connectivity index (χ4n) is 2.13. The summed E-state index contributed by atoms with van der Waals surface area (Å²) in [5, 5.41) is 60.8. The summed E-state index contributed by atoms with van der Waals surface area (Å²) in [5.74, 6) is -5.55. The van der Waals surface area contributed by atoms with E-state index in [9.17, 15) is 35.1 Å². The van der Waals surface area contributed by atoms with E-state index < -0.39 is 61.1 Å². The molecule has 122 valence electrons. The first kappa shape index (κ1) is 21.7. The number of carbonyl (C=O) groups is 2. The first-order valence-corrected chi connectivity index (χ1v) is 6.16. The first-order chi connectivity index (χ1) is 9.62. The second-order valence-electron chi connectivity index (χ2n) is 4.89. The van der Waals surface area contributed by atoms with Gasteiger partial charge in [-0.2, -0.15) is 0 Å². The summed E-state index contributed by atoms with van der Waals surface area (Å²) in [6, 6.07) is -1.29. The molecule has 1 fully saturated rings. The van der Waals surface area contributed by atoms with Crippen LogP contribution in [0, 0.1) is 0 Å². The summed E-state index contributed by atoms with van der Waals surface area (Å²) >= 11 is 0. The van der Waals surface area contributed by atoms with Crippen LogP contribution in [0.5, 0.6) is 0 Å². The topological polar surface area (TPSA) is 180 Å². The van der Waals surface area contributed by atoms with Gasteiger partial charge in [-0.3, -0.25) is 4.79 Å². The number of carboxylic acids is 1. The number of hydrogen-bond donors (Lipinski definition) is 6. The zero-order chi connectivity index (χ0) is 16.4. The zero-order valence-corrected chi connectivity index (χ0v) is 14.2. The van der Waals surface area contributed by atoms with Gasteiger partial charge in [0.2, 0.25) is 11.7 Å². The molecule has 0 unspecified atom stereocenters. The minimum Gasteiger partial charge on any atom is -0.544 e. The fourth-order valence-corrected chi connectivity index (χ4v) is 2.13. The second kappa shape index (κ2) is 8.52. The van der Waals surface area contributed by atoms with Crippen LogP contribution in [0.2, 0.25) is 0 Å². The Bertz CT molecular complexity index is 409. The molecule has 10 nitrogen and oxygen atoms in total. The smallest absolute Gasteiger partial charge is 0.544 e. The van der Waals surface area contributed by atoms with Crippen LogP contribution < -0.4 is 40.0 Å². The molecule has 6 atom stereocenters. The molecule has 0 aliphatic carbocycles. The molecule has 0 radical (unpaired) electrons. The summed E-state index contributed by atoms with van der Waals surface area (Å²) in [6.07, 6.45) is -7.67. The van der Waals surface area contributed by atoms with Crippen LogP contribution in [0.3, 0.4) is 0 Å². The van der Waals surface area contributed by atoms with Crippen LogP contribution in [-0.4, -0.2) is 80.3 Å². The molecule has 1 heterocycles. The van der Waals surface area contributed by atoms with Crippen molar-refractivity contribution in [1.82, 2.24) is 5.32 Å². The van der Waals surface area contributed by atoms with E-state index >= 15 is 0 Å². The molecule has 1 aliphatic heterocycles. The van der Waals surface area contributed by atoms with Gasteiger partial charge in [-0.25, -0.2) is 0 Å². The van der Waals surface area contributed by atoms with Crippen molar-refractivity contribution in [3.8, 4) is 0 Å². The van der Waals surface area contributed by atoms with E-state index in [0.29, 0.717) is 0 Å². The minimum atomic E-state index is -2.89. The van der Waals surface area contributed by atoms with Crippen molar-refractivity contribution in [3.63, 3.8) is 0 Å². The molecule has 1 rings (SSSR count). The van der Waals surface area contributed by atoms with Crippen molar-refractivity contribution in [3.05, 3.63) is 0 Å². The van der Waals surface area contributed by atoms with E-state index in [-0.39, 0.29) is 29.6 Å². The number of carbonyl (C=O) groups excluding carboxylic acids is 2. The van der Waals surface area contributed by atoms with Gasteiger partial charge in [0, 0.05) is 13.3 Å². The summed E-state index contributed by atoms with van der Waals surface area (Å²) in [4.78, 5) is 22.0. The van der Waals surface area contributed by atoms with Crippen LogP contribution in [0.15, 0.2) is 0 Å². The molecule has 0 bridgehead atoms. The van der Waals surface area contributed by atoms with Gasteiger partial charge in [0.05, 0.1) is 18.8 Å². The third-order valence-electron chi connectivity index (χ3n) is 3.19. The van der Waals surface area contributed by atoms with E-state index in [1.54, 1.807) is 0 Å². The number of aliphatic carboxylic acids is 1. The largest absolute Gasteiger partial charge is 1.00 e. The van der Waals surface area contributed by atoms with Crippen LogP contribution in [-0.2, 0) is 14.3 Å². The molecule has 1 amide bonds. The number of aliphatic hydroxyl groups excluding tert-OH is 4. The van der Waals surface area contributed by atoms with Gasteiger partial charge in [-0.05, 0) is 0 Å². The first-order valence-electron chi connectivity index (χ1n) is 6.16. The fraction of sp³-hybridized carbons (Fsp3) is 0.818. The normalized spacial score (nSPS) is 34.2. The van der Waals surface area contributed by atoms with Crippen molar-refractivity contribution in [2.45, 2.75) is 49.6 Å². The van der Waals surface area contributed by atoms with E-state index in [4.69, 9.17) is 9.84 Å². The molecule has 0 saturated carbocycles.